The fourth-order valence-corrected chi connectivity index (χ4v) is 7.07. The molecule has 0 aliphatic carbocycles. The second kappa shape index (κ2) is 10.8. The summed E-state index contributed by atoms with van der Waals surface area (Å²) in [5, 5.41) is 1.24. The van der Waals surface area contributed by atoms with Gasteiger partial charge in [0.1, 0.15) is 18.3 Å². The van der Waals surface area contributed by atoms with Crippen LogP contribution < -0.4 is 9.47 Å². The van der Waals surface area contributed by atoms with Gasteiger partial charge in [0.15, 0.2) is 0 Å². The molecule has 1 aromatic heterocycles. The number of hydrogen-bond donors (Lipinski definition) is 0. The summed E-state index contributed by atoms with van der Waals surface area (Å²) in [5.41, 5.74) is 13.0. The maximum Gasteiger partial charge on any atom is 0.263 e. The van der Waals surface area contributed by atoms with Gasteiger partial charge in [-0.3, -0.25) is 0 Å². The summed E-state index contributed by atoms with van der Waals surface area (Å²) in [4.78, 5) is 2.36. The van der Waals surface area contributed by atoms with Gasteiger partial charge in [-0.2, -0.15) is 4.57 Å². The van der Waals surface area contributed by atoms with Gasteiger partial charge < -0.3 is 9.38 Å². The summed E-state index contributed by atoms with van der Waals surface area (Å²) in [5.74, 6) is 0. The lowest BCUT2D eigenvalue weighted by atomic mass is 9.96. The maximum atomic E-state index is 2.36. The van der Waals surface area contributed by atoms with E-state index >= 15 is 0 Å². The normalized spacial score (nSPS) is 14.2. The Bertz CT molecular complexity index is 1780. The van der Waals surface area contributed by atoms with Crippen molar-refractivity contribution in [2.24, 2.45) is 7.05 Å². The summed E-state index contributed by atoms with van der Waals surface area (Å²) in [6, 6.07) is 31.3. The molecule has 0 spiro atoms. The molecule has 0 saturated heterocycles. The van der Waals surface area contributed by atoms with Gasteiger partial charge in [0.2, 0.25) is 5.52 Å². The molecule has 0 bridgehead atoms. The third-order valence-electron chi connectivity index (χ3n) is 7.91. The minimum Gasteiger partial charge on any atom is -0.343 e. The molecule has 0 amide bonds. The fourth-order valence-electron chi connectivity index (χ4n) is 5.92. The Morgan fingerprint density at radius 3 is 2.27 bits per heavy atom. The van der Waals surface area contributed by atoms with E-state index in [9.17, 15) is 0 Å². The Labute approximate surface area is 248 Å². The van der Waals surface area contributed by atoms with Gasteiger partial charge in [-0.1, -0.05) is 72.0 Å². The lowest BCUT2D eigenvalue weighted by molar-refractivity contribution is -0.884. The van der Waals surface area contributed by atoms with E-state index in [1.807, 2.05) is 11.3 Å². The zero-order chi connectivity index (χ0) is 28.7. The molecule has 1 aliphatic rings. The van der Waals surface area contributed by atoms with E-state index in [-0.39, 0.29) is 0 Å². The predicted octanol–water partition coefficient (Wildman–Crippen LogP) is 8.29. The van der Waals surface area contributed by atoms with Crippen molar-refractivity contribution in [2.75, 3.05) is 26.0 Å². The van der Waals surface area contributed by atoms with E-state index in [0.717, 1.165) is 17.6 Å². The van der Waals surface area contributed by atoms with E-state index < -0.39 is 0 Å². The zero-order valence-electron chi connectivity index (χ0n) is 25.0. The van der Waals surface area contributed by atoms with Gasteiger partial charge in [0.25, 0.3) is 5.01 Å². The highest BCUT2D eigenvalue weighted by Crippen LogP contribution is 2.36. The van der Waals surface area contributed by atoms with E-state index in [1.54, 1.807) is 0 Å². The first-order chi connectivity index (χ1) is 19.7. The number of fused-ring (bicyclic) bond motifs is 2. The molecule has 0 unspecified atom stereocenters. The Balaban J connectivity index is 1.30. The largest absolute Gasteiger partial charge is 0.343 e. The predicted molar refractivity (Wildman–Crippen MR) is 176 cm³/mol. The first-order valence-corrected chi connectivity index (χ1v) is 15.1. The number of thiazole rings is 1. The molecule has 4 aromatic carbocycles. The van der Waals surface area contributed by atoms with E-state index in [1.165, 1.54) is 65.4 Å². The first kappa shape index (κ1) is 27.2. The highest BCUT2D eigenvalue weighted by molar-refractivity contribution is 7.19. The van der Waals surface area contributed by atoms with Gasteiger partial charge in [-0.05, 0) is 71.5 Å². The van der Waals surface area contributed by atoms with Crippen molar-refractivity contribution < 1.29 is 9.05 Å². The monoisotopic (exact) mass is 557 g/mol. The smallest absolute Gasteiger partial charge is 0.263 e. The molecular formula is C37H39N3S+2. The van der Waals surface area contributed by atoms with Gasteiger partial charge >= 0.3 is 0 Å². The minimum atomic E-state index is 0.850. The fraction of sp³-hybridized carbons (Fsp3) is 0.216. The van der Waals surface area contributed by atoms with Crippen LogP contribution in [0.2, 0.25) is 0 Å². The molecule has 0 fully saturated rings. The topological polar surface area (TPSA) is 7.12 Å². The molecule has 0 saturated carbocycles. The Morgan fingerprint density at radius 1 is 0.829 bits per heavy atom. The van der Waals surface area contributed by atoms with Crippen LogP contribution in [0.1, 0.15) is 32.8 Å². The lowest BCUT2D eigenvalue weighted by Gasteiger charge is -2.28. The first-order valence-electron chi connectivity index (χ1n) is 14.3. The van der Waals surface area contributed by atoms with Crippen LogP contribution in [0.15, 0.2) is 97.2 Å². The number of aromatic nitrogens is 1. The average Bonchev–Trinajstić information content (AvgIpc) is 3.24. The van der Waals surface area contributed by atoms with Crippen LogP contribution >= 0.6 is 11.3 Å². The van der Waals surface area contributed by atoms with Crippen molar-refractivity contribution in [1.82, 2.24) is 0 Å². The van der Waals surface area contributed by atoms with Crippen LogP contribution in [-0.4, -0.2) is 25.6 Å². The molecular weight excluding hydrogens is 518 g/mol. The zero-order valence-corrected chi connectivity index (χ0v) is 25.8. The number of allylic oxidation sites excluding steroid dienone is 2. The Hall–Kier alpha value is -3.99. The molecule has 5 aromatic rings. The highest BCUT2D eigenvalue weighted by atomic mass is 32.1. The molecule has 3 nitrogen and oxygen atoms in total. The second-order valence-electron chi connectivity index (χ2n) is 12.3. The van der Waals surface area contributed by atoms with Gasteiger partial charge in [0, 0.05) is 41.7 Å². The van der Waals surface area contributed by atoms with Crippen LogP contribution in [-0.2, 0) is 20.1 Å². The molecule has 0 atom stereocenters. The number of benzene rings is 4. The number of nitrogens with zero attached hydrogens (tertiary/aromatic N) is 3. The third-order valence-corrected chi connectivity index (χ3v) is 9.05. The van der Waals surface area contributed by atoms with Crippen molar-refractivity contribution in [3.05, 3.63) is 130 Å². The van der Waals surface area contributed by atoms with Crippen LogP contribution in [0.3, 0.4) is 0 Å². The molecule has 0 radical (unpaired) electrons. The molecule has 0 N–H and O–H groups in total. The highest BCUT2D eigenvalue weighted by Gasteiger charge is 2.21. The van der Waals surface area contributed by atoms with Gasteiger partial charge in [-0.15, -0.1) is 0 Å². The Kier molecular flexibility index (Phi) is 7.14. The SMILES string of the molecule is Cc1cccc(C)c1-c1ccc2c(c1)sc(C=C1C=CN(Cc3ccc(C[N+](C)(C)C)cc3)c3ccccc31)[n+]2C. The number of para-hydroxylation sites is 1. The number of aryl methyl sites for hydroxylation is 3. The van der Waals surface area contributed by atoms with Gasteiger partial charge in [-0.25, -0.2) is 0 Å². The number of anilines is 1. The van der Waals surface area contributed by atoms with Crippen molar-refractivity contribution in [1.29, 1.82) is 0 Å². The number of quaternary nitrogens is 1. The third kappa shape index (κ3) is 5.63. The number of rotatable bonds is 6. The lowest BCUT2D eigenvalue weighted by Crippen LogP contribution is -2.33. The van der Waals surface area contributed by atoms with Crippen molar-refractivity contribution in [3.63, 3.8) is 0 Å². The Morgan fingerprint density at radius 2 is 1.54 bits per heavy atom. The van der Waals surface area contributed by atoms with Crippen molar-refractivity contribution >= 4 is 38.9 Å². The van der Waals surface area contributed by atoms with Crippen molar-refractivity contribution in [2.45, 2.75) is 26.9 Å². The summed E-state index contributed by atoms with van der Waals surface area (Å²) in [6.07, 6.45) is 6.84. The van der Waals surface area contributed by atoms with Crippen LogP contribution in [0.25, 0.3) is 33.0 Å². The number of hydrogen-bond acceptors (Lipinski definition) is 2. The summed E-state index contributed by atoms with van der Waals surface area (Å²) >= 11 is 1.86. The molecule has 1 aliphatic heterocycles. The van der Waals surface area contributed by atoms with E-state index in [2.05, 4.69) is 155 Å². The summed E-state index contributed by atoms with van der Waals surface area (Å²) < 4.78 is 4.56. The maximum absolute atomic E-state index is 2.36. The second-order valence-corrected chi connectivity index (χ2v) is 13.3. The van der Waals surface area contributed by atoms with Crippen molar-refractivity contribution in [3.8, 4) is 11.1 Å². The van der Waals surface area contributed by atoms with Crippen LogP contribution in [0.5, 0.6) is 0 Å². The standard InChI is InChI=1S/C37H39N3S/c1-26-10-9-11-27(2)37(26)31-18-19-34-35(22-31)41-36(38(34)3)23-30-20-21-39(33-13-8-7-12-32(30)33)24-28-14-16-29(17-15-28)25-40(4,5)6/h7-23H,24-25H2,1-6H3/q+2. The van der Waals surface area contributed by atoms with Crippen LogP contribution in [0, 0.1) is 13.8 Å². The minimum absolute atomic E-state index is 0.850. The van der Waals surface area contributed by atoms with Gasteiger partial charge in [0.05, 0.1) is 21.1 Å². The molecule has 41 heavy (non-hydrogen) atoms. The summed E-state index contributed by atoms with van der Waals surface area (Å²) in [7, 11) is 8.88. The molecule has 206 valence electrons. The average molecular weight is 558 g/mol. The van der Waals surface area contributed by atoms with Crippen LogP contribution in [0.4, 0.5) is 5.69 Å². The van der Waals surface area contributed by atoms with E-state index in [0.29, 0.717) is 0 Å². The quantitative estimate of drug-likeness (QED) is 0.150. The summed E-state index contributed by atoms with van der Waals surface area (Å²) in [6.45, 7) is 6.29. The molecule has 6 rings (SSSR count). The van der Waals surface area contributed by atoms with E-state index in [4.69, 9.17) is 0 Å². The molecule has 2 heterocycles. The molecule has 4 heteroatoms.